The van der Waals surface area contributed by atoms with Crippen LogP contribution in [0.25, 0.3) is 0 Å². The summed E-state index contributed by atoms with van der Waals surface area (Å²) in [5.41, 5.74) is 2.64. The summed E-state index contributed by atoms with van der Waals surface area (Å²) in [5.74, 6) is -0.256. The van der Waals surface area contributed by atoms with Gasteiger partial charge in [0.05, 0.1) is 5.69 Å². The minimum Gasteiger partial charge on any atom is -0.311 e. The van der Waals surface area contributed by atoms with Crippen molar-refractivity contribution >= 4 is 23.2 Å². The predicted octanol–water partition coefficient (Wildman–Crippen LogP) is 3.16. The summed E-state index contributed by atoms with van der Waals surface area (Å²) in [5, 5.41) is 3.77. The second kappa shape index (κ2) is 5.04. The highest BCUT2D eigenvalue weighted by Crippen LogP contribution is 2.32. The van der Waals surface area contributed by atoms with E-state index in [0.717, 1.165) is 16.8 Å². The molecule has 0 amide bonds. The Kier molecular flexibility index (Phi) is 3.39. The van der Waals surface area contributed by atoms with Gasteiger partial charge in [-0.3, -0.25) is 0 Å². The summed E-state index contributed by atoms with van der Waals surface area (Å²) in [4.78, 5) is 8.24. The standard InChI is InChI=1S/C13H10Cl2FN3/c14-12-10-6-17-5-9(11(10)18-13(15)19-12)7-1-3-8(16)4-2-7/h1-4,9,17H,5-6H2. The Hall–Kier alpha value is -1.23. The molecular formula is C13H10Cl2FN3. The second-order valence-electron chi connectivity index (χ2n) is 4.38. The molecule has 98 valence electrons. The molecule has 0 bridgehead atoms. The van der Waals surface area contributed by atoms with Crippen molar-refractivity contribution in [2.75, 3.05) is 6.54 Å². The number of aromatic nitrogens is 2. The number of benzene rings is 1. The molecular weight excluding hydrogens is 288 g/mol. The molecule has 0 fully saturated rings. The van der Waals surface area contributed by atoms with Gasteiger partial charge in [0.15, 0.2) is 0 Å². The van der Waals surface area contributed by atoms with Gasteiger partial charge in [0.1, 0.15) is 11.0 Å². The molecule has 1 aromatic heterocycles. The molecule has 0 spiro atoms. The molecule has 1 aromatic carbocycles. The molecule has 0 radical (unpaired) electrons. The van der Waals surface area contributed by atoms with Gasteiger partial charge in [0.2, 0.25) is 5.28 Å². The van der Waals surface area contributed by atoms with Crippen LogP contribution < -0.4 is 5.32 Å². The maximum absolute atomic E-state index is 13.0. The van der Waals surface area contributed by atoms with Gasteiger partial charge in [0.25, 0.3) is 0 Å². The van der Waals surface area contributed by atoms with Crippen molar-refractivity contribution in [3.8, 4) is 0 Å². The van der Waals surface area contributed by atoms with E-state index in [2.05, 4.69) is 15.3 Å². The summed E-state index contributed by atoms with van der Waals surface area (Å²) in [6.07, 6.45) is 0. The maximum atomic E-state index is 13.0. The van der Waals surface area contributed by atoms with E-state index in [0.29, 0.717) is 18.2 Å². The van der Waals surface area contributed by atoms with E-state index in [-0.39, 0.29) is 17.0 Å². The fourth-order valence-corrected chi connectivity index (χ4v) is 2.77. The lowest BCUT2D eigenvalue weighted by Crippen LogP contribution is -2.30. The predicted molar refractivity (Wildman–Crippen MR) is 72.0 cm³/mol. The summed E-state index contributed by atoms with van der Waals surface area (Å²) >= 11 is 12.0. The topological polar surface area (TPSA) is 37.8 Å². The first-order chi connectivity index (χ1) is 9.15. The molecule has 1 atom stereocenters. The fourth-order valence-electron chi connectivity index (χ4n) is 2.31. The van der Waals surface area contributed by atoms with Gasteiger partial charge in [-0.1, -0.05) is 23.7 Å². The number of hydrogen-bond acceptors (Lipinski definition) is 3. The van der Waals surface area contributed by atoms with Crippen LogP contribution >= 0.6 is 23.2 Å². The van der Waals surface area contributed by atoms with Crippen LogP contribution in [0.3, 0.4) is 0 Å². The smallest absolute Gasteiger partial charge is 0.224 e. The molecule has 0 aliphatic carbocycles. The fraction of sp³-hybridized carbons (Fsp3) is 0.231. The summed E-state index contributed by atoms with van der Waals surface area (Å²) in [6.45, 7) is 1.32. The molecule has 1 N–H and O–H groups in total. The zero-order valence-corrected chi connectivity index (χ0v) is 11.3. The van der Waals surface area contributed by atoms with E-state index in [9.17, 15) is 4.39 Å². The molecule has 2 heterocycles. The highest BCUT2D eigenvalue weighted by Gasteiger charge is 2.26. The van der Waals surface area contributed by atoms with E-state index in [1.54, 1.807) is 12.1 Å². The number of fused-ring (bicyclic) bond motifs is 1. The molecule has 0 saturated heterocycles. The molecule has 2 aromatic rings. The van der Waals surface area contributed by atoms with E-state index in [1.165, 1.54) is 12.1 Å². The quantitative estimate of drug-likeness (QED) is 0.649. The van der Waals surface area contributed by atoms with Crippen LogP contribution in [-0.2, 0) is 6.54 Å². The van der Waals surface area contributed by atoms with E-state index in [1.807, 2.05) is 0 Å². The van der Waals surface area contributed by atoms with Gasteiger partial charge in [-0.05, 0) is 29.3 Å². The number of halogens is 3. The van der Waals surface area contributed by atoms with E-state index in [4.69, 9.17) is 23.2 Å². The Bertz CT molecular complexity index is 616. The molecule has 1 aliphatic heterocycles. The van der Waals surface area contributed by atoms with E-state index < -0.39 is 0 Å². The molecule has 1 unspecified atom stereocenters. The van der Waals surface area contributed by atoms with Gasteiger partial charge in [-0.2, -0.15) is 0 Å². The minimum atomic E-state index is -0.258. The van der Waals surface area contributed by atoms with Crippen molar-refractivity contribution < 1.29 is 4.39 Å². The van der Waals surface area contributed by atoms with Crippen molar-refractivity contribution in [3.63, 3.8) is 0 Å². The van der Waals surface area contributed by atoms with Crippen LogP contribution in [0, 0.1) is 5.82 Å². The molecule has 1 aliphatic rings. The third kappa shape index (κ3) is 2.43. The number of nitrogens with zero attached hydrogens (tertiary/aromatic N) is 2. The lowest BCUT2D eigenvalue weighted by molar-refractivity contribution is 0.571. The molecule has 6 heteroatoms. The van der Waals surface area contributed by atoms with Crippen LogP contribution in [-0.4, -0.2) is 16.5 Å². The van der Waals surface area contributed by atoms with E-state index >= 15 is 0 Å². The first-order valence-corrected chi connectivity index (χ1v) is 6.58. The Morgan fingerprint density at radius 3 is 2.63 bits per heavy atom. The molecule has 3 rings (SSSR count). The largest absolute Gasteiger partial charge is 0.311 e. The Morgan fingerprint density at radius 1 is 1.16 bits per heavy atom. The number of rotatable bonds is 1. The van der Waals surface area contributed by atoms with Crippen LogP contribution in [0.2, 0.25) is 10.4 Å². The van der Waals surface area contributed by atoms with Crippen molar-refractivity contribution in [2.24, 2.45) is 0 Å². The number of nitrogens with one attached hydrogen (secondary N) is 1. The summed E-state index contributed by atoms with van der Waals surface area (Å²) < 4.78 is 13.0. The summed E-state index contributed by atoms with van der Waals surface area (Å²) in [6, 6.07) is 6.38. The van der Waals surface area contributed by atoms with Crippen molar-refractivity contribution in [1.29, 1.82) is 0 Å². The highest BCUT2D eigenvalue weighted by molar-refractivity contribution is 6.32. The monoisotopic (exact) mass is 297 g/mol. The van der Waals surface area contributed by atoms with Crippen molar-refractivity contribution in [3.05, 3.63) is 57.3 Å². The number of hydrogen-bond donors (Lipinski definition) is 1. The lowest BCUT2D eigenvalue weighted by atomic mass is 9.90. The van der Waals surface area contributed by atoms with Crippen LogP contribution in [0.4, 0.5) is 4.39 Å². The average Bonchev–Trinajstić information content (AvgIpc) is 2.39. The van der Waals surface area contributed by atoms with Crippen LogP contribution in [0.5, 0.6) is 0 Å². The normalized spacial score (nSPS) is 18.2. The van der Waals surface area contributed by atoms with Gasteiger partial charge in [-0.15, -0.1) is 0 Å². The molecule has 19 heavy (non-hydrogen) atoms. The minimum absolute atomic E-state index is 0.00218. The first kappa shape index (κ1) is 12.8. The van der Waals surface area contributed by atoms with Crippen LogP contribution in [0.15, 0.2) is 24.3 Å². The Labute approximate surface area is 119 Å². The van der Waals surface area contributed by atoms with Gasteiger partial charge >= 0.3 is 0 Å². The Balaban J connectivity index is 2.09. The maximum Gasteiger partial charge on any atom is 0.224 e. The zero-order chi connectivity index (χ0) is 13.4. The van der Waals surface area contributed by atoms with Crippen molar-refractivity contribution in [2.45, 2.75) is 12.5 Å². The lowest BCUT2D eigenvalue weighted by Gasteiger charge is -2.26. The second-order valence-corrected chi connectivity index (χ2v) is 5.08. The van der Waals surface area contributed by atoms with Gasteiger partial charge in [-0.25, -0.2) is 14.4 Å². The SMILES string of the molecule is Fc1ccc(C2CNCc3c(Cl)nc(Cl)nc32)cc1. The third-order valence-corrected chi connectivity index (χ3v) is 3.70. The van der Waals surface area contributed by atoms with Gasteiger partial charge < -0.3 is 5.32 Å². The van der Waals surface area contributed by atoms with Crippen LogP contribution in [0.1, 0.15) is 22.7 Å². The zero-order valence-electron chi connectivity index (χ0n) is 9.83. The van der Waals surface area contributed by atoms with Gasteiger partial charge in [0, 0.05) is 24.6 Å². The molecule has 3 nitrogen and oxygen atoms in total. The molecule has 0 saturated carbocycles. The van der Waals surface area contributed by atoms with Crippen molar-refractivity contribution in [1.82, 2.24) is 15.3 Å². The average molecular weight is 298 g/mol. The third-order valence-electron chi connectivity index (χ3n) is 3.21. The first-order valence-electron chi connectivity index (χ1n) is 5.83. The Morgan fingerprint density at radius 2 is 1.89 bits per heavy atom. The summed E-state index contributed by atoms with van der Waals surface area (Å²) in [7, 11) is 0. The highest BCUT2D eigenvalue weighted by atomic mass is 35.5.